The van der Waals surface area contributed by atoms with Gasteiger partial charge in [-0.05, 0) is 37.8 Å². The molecule has 1 aromatic rings. The molecule has 0 bridgehead atoms. The maximum atomic E-state index is 12.1. The van der Waals surface area contributed by atoms with Crippen LogP contribution in [0.5, 0.6) is 0 Å². The lowest BCUT2D eigenvalue weighted by molar-refractivity contribution is 0.187. The Balaban J connectivity index is 2.61. The van der Waals surface area contributed by atoms with E-state index in [1.807, 2.05) is 25.3 Å². The maximum absolute atomic E-state index is 12.1. The van der Waals surface area contributed by atoms with Gasteiger partial charge in [-0.2, -0.15) is 0 Å². The van der Waals surface area contributed by atoms with Crippen molar-refractivity contribution in [3.63, 3.8) is 0 Å². The normalized spacial score (nSPS) is 13.0. The Hall–Kier alpha value is -1.08. The van der Waals surface area contributed by atoms with Gasteiger partial charge in [-0.15, -0.1) is 11.3 Å². The summed E-state index contributed by atoms with van der Waals surface area (Å²) < 4.78 is 22.6. The third-order valence-corrected chi connectivity index (χ3v) is 5.16. The fourth-order valence-electron chi connectivity index (χ4n) is 2.03. The second-order valence-electron chi connectivity index (χ2n) is 4.91. The van der Waals surface area contributed by atoms with Gasteiger partial charge in [0.2, 0.25) is 0 Å². The van der Waals surface area contributed by atoms with Crippen molar-refractivity contribution in [2.24, 2.45) is 0 Å². The molecule has 114 valence electrons. The number of amides is 2. The average Bonchev–Trinajstić information content (AvgIpc) is 2.70. The van der Waals surface area contributed by atoms with Gasteiger partial charge in [-0.3, -0.25) is 0 Å². The van der Waals surface area contributed by atoms with Gasteiger partial charge in [0.15, 0.2) is 0 Å². The topological polar surface area (TPSA) is 66.5 Å². The van der Waals surface area contributed by atoms with E-state index < -0.39 is 9.84 Å². The lowest BCUT2D eigenvalue weighted by atomic mass is 10.3. The van der Waals surface area contributed by atoms with Crippen LogP contribution < -0.4 is 5.32 Å². The van der Waals surface area contributed by atoms with Crippen molar-refractivity contribution in [2.45, 2.75) is 33.4 Å². The van der Waals surface area contributed by atoms with E-state index in [2.05, 4.69) is 5.32 Å². The zero-order chi connectivity index (χ0) is 15.3. The van der Waals surface area contributed by atoms with Crippen LogP contribution in [0.1, 0.15) is 24.3 Å². The van der Waals surface area contributed by atoms with E-state index in [0.717, 1.165) is 10.4 Å². The van der Waals surface area contributed by atoms with Crippen LogP contribution in [0.25, 0.3) is 0 Å². The number of nitrogens with zero attached hydrogens (tertiary/aromatic N) is 1. The molecule has 0 saturated heterocycles. The molecule has 0 saturated carbocycles. The minimum Gasteiger partial charge on any atom is -0.333 e. The molecule has 2 amide bonds. The molecule has 5 nitrogen and oxygen atoms in total. The zero-order valence-corrected chi connectivity index (χ0v) is 14.0. The molecule has 1 atom stereocenters. The summed E-state index contributed by atoms with van der Waals surface area (Å²) in [5, 5.41) is 4.83. The van der Waals surface area contributed by atoms with Gasteiger partial charge in [0.25, 0.3) is 0 Å². The number of thiophene rings is 1. The minimum atomic E-state index is -3.10. The van der Waals surface area contributed by atoms with Crippen LogP contribution >= 0.6 is 11.3 Å². The first kappa shape index (κ1) is 17.0. The Morgan fingerprint density at radius 1 is 1.50 bits per heavy atom. The Bertz CT molecular complexity index is 552. The molecule has 0 spiro atoms. The SMILES string of the molecule is CCN(C(=O)NCc1sccc1C)C(C)CS(C)(=O)=O. The summed E-state index contributed by atoms with van der Waals surface area (Å²) in [5.74, 6) is -0.0215. The van der Waals surface area contributed by atoms with Crippen LogP contribution in [-0.2, 0) is 16.4 Å². The van der Waals surface area contributed by atoms with E-state index in [9.17, 15) is 13.2 Å². The summed E-state index contributed by atoms with van der Waals surface area (Å²) in [6.07, 6.45) is 1.18. The van der Waals surface area contributed by atoms with Crippen LogP contribution in [0.4, 0.5) is 4.79 Å². The Morgan fingerprint density at radius 2 is 2.15 bits per heavy atom. The highest BCUT2D eigenvalue weighted by Crippen LogP contribution is 2.15. The molecule has 0 fully saturated rings. The van der Waals surface area contributed by atoms with Gasteiger partial charge in [-0.1, -0.05) is 0 Å². The minimum absolute atomic E-state index is 0.0215. The highest BCUT2D eigenvalue weighted by Gasteiger charge is 2.21. The maximum Gasteiger partial charge on any atom is 0.317 e. The van der Waals surface area contributed by atoms with Crippen molar-refractivity contribution >= 4 is 27.2 Å². The molecule has 1 aromatic heterocycles. The highest BCUT2D eigenvalue weighted by molar-refractivity contribution is 7.90. The summed E-state index contributed by atoms with van der Waals surface area (Å²) in [6.45, 7) is 6.55. The van der Waals surface area contributed by atoms with Crippen LogP contribution in [0, 0.1) is 6.92 Å². The van der Waals surface area contributed by atoms with E-state index in [1.165, 1.54) is 6.26 Å². The summed E-state index contributed by atoms with van der Waals surface area (Å²) >= 11 is 1.60. The molecule has 0 aliphatic rings. The second kappa shape index (κ2) is 7.08. The fraction of sp³-hybridized carbons (Fsp3) is 0.615. The lowest BCUT2D eigenvalue weighted by Crippen LogP contribution is -2.47. The van der Waals surface area contributed by atoms with Gasteiger partial charge in [0.1, 0.15) is 9.84 Å². The average molecular weight is 318 g/mol. The van der Waals surface area contributed by atoms with Gasteiger partial charge >= 0.3 is 6.03 Å². The summed E-state index contributed by atoms with van der Waals surface area (Å²) in [7, 11) is -3.10. The molecule has 20 heavy (non-hydrogen) atoms. The molecule has 0 aliphatic carbocycles. The Labute approximate surface area is 124 Å². The second-order valence-corrected chi connectivity index (χ2v) is 8.10. The number of hydrogen-bond donors (Lipinski definition) is 1. The largest absolute Gasteiger partial charge is 0.333 e. The van der Waals surface area contributed by atoms with E-state index >= 15 is 0 Å². The predicted molar refractivity (Wildman–Crippen MR) is 82.8 cm³/mol. The molecule has 1 rings (SSSR count). The summed E-state index contributed by atoms with van der Waals surface area (Å²) in [6, 6.07) is 1.45. The van der Waals surface area contributed by atoms with E-state index in [1.54, 1.807) is 23.2 Å². The third kappa shape index (κ3) is 5.13. The molecule has 0 aliphatic heterocycles. The van der Waals surface area contributed by atoms with Crippen molar-refractivity contribution in [2.75, 3.05) is 18.6 Å². The molecule has 1 N–H and O–H groups in total. The van der Waals surface area contributed by atoms with Gasteiger partial charge in [0.05, 0.1) is 12.3 Å². The number of aryl methyl sites for hydroxylation is 1. The zero-order valence-electron chi connectivity index (χ0n) is 12.3. The van der Waals surface area contributed by atoms with Crippen LogP contribution in [0.3, 0.4) is 0 Å². The number of sulfone groups is 1. The molecule has 1 unspecified atom stereocenters. The highest BCUT2D eigenvalue weighted by atomic mass is 32.2. The first-order valence-electron chi connectivity index (χ1n) is 6.49. The van der Waals surface area contributed by atoms with Crippen LogP contribution in [0.15, 0.2) is 11.4 Å². The lowest BCUT2D eigenvalue weighted by Gasteiger charge is -2.27. The Morgan fingerprint density at radius 3 is 2.60 bits per heavy atom. The van der Waals surface area contributed by atoms with Gasteiger partial charge in [0, 0.05) is 23.7 Å². The summed E-state index contributed by atoms with van der Waals surface area (Å²) in [5.41, 5.74) is 1.16. The van der Waals surface area contributed by atoms with E-state index in [0.29, 0.717) is 13.1 Å². The number of rotatable bonds is 6. The molecule has 1 heterocycles. The van der Waals surface area contributed by atoms with Crippen molar-refractivity contribution in [1.29, 1.82) is 0 Å². The quantitative estimate of drug-likeness (QED) is 0.872. The first-order valence-corrected chi connectivity index (χ1v) is 9.43. The molecule has 0 aromatic carbocycles. The number of urea groups is 1. The predicted octanol–water partition coefficient (Wildman–Crippen LogP) is 2.02. The number of carbonyl (C=O) groups is 1. The fourth-order valence-corrected chi connectivity index (χ4v) is 3.93. The smallest absolute Gasteiger partial charge is 0.317 e. The Kier molecular flexibility index (Phi) is 6.01. The van der Waals surface area contributed by atoms with Crippen molar-refractivity contribution < 1.29 is 13.2 Å². The van der Waals surface area contributed by atoms with E-state index in [-0.39, 0.29) is 17.8 Å². The molecular weight excluding hydrogens is 296 g/mol. The number of nitrogens with one attached hydrogen (secondary N) is 1. The van der Waals surface area contributed by atoms with Crippen LogP contribution in [-0.4, -0.2) is 43.9 Å². The third-order valence-electron chi connectivity index (χ3n) is 3.05. The monoisotopic (exact) mass is 318 g/mol. The molecule has 0 radical (unpaired) electrons. The number of hydrogen-bond acceptors (Lipinski definition) is 4. The first-order chi connectivity index (χ1) is 9.24. The van der Waals surface area contributed by atoms with Crippen LogP contribution in [0.2, 0.25) is 0 Å². The van der Waals surface area contributed by atoms with Gasteiger partial charge in [-0.25, -0.2) is 13.2 Å². The van der Waals surface area contributed by atoms with E-state index in [4.69, 9.17) is 0 Å². The van der Waals surface area contributed by atoms with Crippen molar-refractivity contribution in [1.82, 2.24) is 10.2 Å². The van der Waals surface area contributed by atoms with Gasteiger partial charge < -0.3 is 10.2 Å². The molecule has 7 heteroatoms. The standard InChI is InChI=1S/C13H22N2O3S2/c1-5-15(11(3)9-20(4,17)18)13(16)14-8-12-10(2)6-7-19-12/h6-7,11H,5,8-9H2,1-4H3,(H,14,16). The number of carbonyl (C=O) groups excluding carboxylic acids is 1. The van der Waals surface area contributed by atoms with Crippen molar-refractivity contribution in [3.8, 4) is 0 Å². The molecular formula is C13H22N2O3S2. The van der Waals surface area contributed by atoms with Crippen molar-refractivity contribution in [3.05, 3.63) is 21.9 Å². The summed E-state index contributed by atoms with van der Waals surface area (Å²) in [4.78, 5) is 14.8.